The van der Waals surface area contributed by atoms with Gasteiger partial charge in [-0.1, -0.05) is 46.8 Å². The van der Waals surface area contributed by atoms with Crippen LogP contribution in [-0.2, 0) is 11.3 Å². The maximum atomic E-state index is 13.2. The van der Waals surface area contributed by atoms with E-state index in [4.69, 9.17) is 4.52 Å². The van der Waals surface area contributed by atoms with Crippen LogP contribution >= 0.6 is 11.8 Å². The van der Waals surface area contributed by atoms with Gasteiger partial charge in [-0.2, -0.15) is 0 Å². The van der Waals surface area contributed by atoms with Gasteiger partial charge in [-0.15, -0.1) is 0 Å². The monoisotopic (exact) mass is 451 g/mol. The number of thioether (sulfide) groups is 1. The van der Waals surface area contributed by atoms with Gasteiger partial charge in [-0.05, 0) is 48.7 Å². The molecule has 0 N–H and O–H groups in total. The third-order valence-electron chi connectivity index (χ3n) is 4.40. The van der Waals surface area contributed by atoms with Gasteiger partial charge in [0, 0.05) is 5.75 Å². The topological polar surface area (TPSA) is 98.0 Å². The fraction of sp³-hybridized carbons (Fsp3) is 0.136. The van der Waals surface area contributed by atoms with Crippen molar-refractivity contribution >= 4 is 46.4 Å². The van der Waals surface area contributed by atoms with E-state index in [1.165, 1.54) is 27.9 Å². The van der Waals surface area contributed by atoms with E-state index in [1.54, 1.807) is 42.5 Å². The van der Waals surface area contributed by atoms with Gasteiger partial charge in [0.15, 0.2) is 11.7 Å². The zero-order chi connectivity index (χ0) is 22.5. The van der Waals surface area contributed by atoms with Crippen LogP contribution in [0.1, 0.15) is 12.5 Å². The SMILES string of the molecule is CC[n+]1cc(/N=C(/[O-])CSC2=N/C(=C/c3ccc(F)cc3)C(=O)N2c2ccccc2)on1. The number of benzene rings is 2. The molecular weight excluding hydrogens is 433 g/mol. The van der Waals surface area contributed by atoms with Crippen molar-refractivity contribution in [3.8, 4) is 0 Å². The molecule has 2 heterocycles. The fourth-order valence-corrected chi connectivity index (χ4v) is 3.66. The standard InChI is InChI=1S/C22H18FN5O3S/c1-2-27-13-20(31-26-27)25-19(29)14-32-22-24-18(12-15-8-10-16(23)11-9-15)21(30)28(22)17-6-4-3-5-7-17/h3-13H,2,14H2,1H3/b18-12+. The second-order valence-corrected chi connectivity index (χ2v) is 7.58. The highest BCUT2D eigenvalue weighted by Gasteiger charge is 2.31. The molecule has 1 aliphatic rings. The summed E-state index contributed by atoms with van der Waals surface area (Å²) >= 11 is 1.09. The molecule has 1 amide bonds. The summed E-state index contributed by atoms with van der Waals surface area (Å²) in [5.41, 5.74) is 1.44. The van der Waals surface area contributed by atoms with Crippen molar-refractivity contribution in [1.29, 1.82) is 0 Å². The smallest absolute Gasteiger partial charge is 0.320 e. The number of nitrogens with zero attached hydrogens (tertiary/aromatic N) is 5. The van der Waals surface area contributed by atoms with E-state index in [-0.39, 0.29) is 29.1 Å². The normalized spacial score (nSPS) is 15.5. The summed E-state index contributed by atoms with van der Waals surface area (Å²) in [4.78, 5) is 22.8. The minimum absolute atomic E-state index is 0.0495. The Morgan fingerprint density at radius 2 is 2.00 bits per heavy atom. The van der Waals surface area contributed by atoms with Crippen molar-refractivity contribution < 1.29 is 23.5 Å². The second-order valence-electron chi connectivity index (χ2n) is 6.64. The van der Waals surface area contributed by atoms with Crippen LogP contribution in [0.2, 0.25) is 0 Å². The fourth-order valence-electron chi connectivity index (χ4n) is 2.86. The van der Waals surface area contributed by atoms with E-state index >= 15 is 0 Å². The van der Waals surface area contributed by atoms with Crippen LogP contribution in [0.4, 0.5) is 16.0 Å². The first-order valence-electron chi connectivity index (χ1n) is 9.73. The Balaban J connectivity index is 1.58. The first-order chi connectivity index (χ1) is 15.5. The molecule has 0 spiro atoms. The Hall–Kier alpha value is -3.79. The van der Waals surface area contributed by atoms with Crippen molar-refractivity contribution in [3.05, 3.63) is 77.9 Å². The van der Waals surface area contributed by atoms with E-state index < -0.39 is 5.90 Å². The number of anilines is 1. The molecule has 1 aromatic heterocycles. The van der Waals surface area contributed by atoms with Crippen LogP contribution in [0, 0.1) is 5.82 Å². The van der Waals surface area contributed by atoms with Crippen LogP contribution < -0.4 is 14.7 Å². The molecule has 0 bridgehead atoms. The second kappa shape index (κ2) is 9.56. The average molecular weight is 451 g/mol. The van der Waals surface area contributed by atoms with Gasteiger partial charge in [0.25, 0.3) is 12.1 Å². The molecule has 2 aromatic carbocycles. The van der Waals surface area contributed by atoms with E-state index in [2.05, 4.69) is 15.3 Å². The molecule has 32 heavy (non-hydrogen) atoms. The van der Waals surface area contributed by atoms with Crippen molar-refractivity contribution in [2.75, 3.05) is 10.7 Å². The Bertz CT molecular complexity index is 1210. The molecule has 0 fully saturated rings. The van der Waals surface area contributed by atoms with Gasteiger partial charge in [0.2, 0.25) is 5.27 Å². The zero-order valence-electron chi connectivity index (χ0n) is 17.0. The summed E-state index contributed by atoms with van der Waals surface area (Å²) < 4.78 is 19.7. The maximum absolute atomic E-state index is 13.2. The molecule has 0 radical (unpaired) electrons. The van der Waals surface area contributed by atoms with E-state index in [9.17, 15) is 14.3 Å². The van der Waals surface area contributed by atoms with Crippen LogP contribution in [0.15, 0.2) is 81.0 Å². The lowest BCUT2D eigenvalue weighted by Crippen LogP contribution is -2.32. The predicted molar refractivity (Wildman–Crippen MR) is 118 cm³/mol. The summed E-state index contributed by atoms with van der Waals surface area (Å²) in [5.74, 6) is -1.10. The van der Waals surface area contributed by atoms with Gasteiger partial charge in [0.1, 0.15) is 11.5 Å². The van der Waals surface area contributed by atoms with Crippen molar-refractivity contribution in [2.24, 2.45) is 9.98 Å². The number of hydrogen-bond acceptors (Lipinski definition) is 7. The Kier molecular flexibility index (Phi) is 6.41. The highest BCUT2D eigenvalue weighted by molar-refractivity contribution is 8.14. The largest absolute Gasteiger partial charge is 0.861 e. The highest BCUT2D eigenvalue weighted by Crippen LogP contribution is 2.29. The summed E-state index contributed by atoms with van der Waals surface area (Å²) in [7, 11) is 0. The Morgan fingerprint density at radius 1 is 1.25 bits per heavy atom. The number of aryl methyl sites for hydroxylation is 1. The first kappa shape index (κ1) is 21.4. The average Bonchev–Trinajstić information content (AvgIpc) is 3.38. The molecule has 0 aliphatic carbocycles. The molecule has 8 nitrogen and oxygen atoms in total. The summed E-state index contributed by atoms with van der Waals surface area (Å²) in [6, 6.07) is 14.7. The van der Waals surface area contributed by atoms with E-state index in [1.807, 2.05) is 13.0 Å². The number of carbonyl (C=O) groups excluding carboxylic acids is 1. The molecule has 1 aliphatic heterocycles. The van der Waals surface area contributed by atoms with Gasteiger partial charge in [-0.3, -0.25) is 14.2 Å². The summed E-state index contributed by atoms with van der Waals surface area (Å²) in [6.45, 7) is 2.48. The lowest BCUT2D eigenvalue weighted by molar-refractivity contribution is -0.759. The zero-order valence-corrected chi connectivity index (χ0v) is 17.8. The number of amidine groups is 1. The number of hydrogen-bond donors (Lipinski definition) is 0. The minimum atomic E-state index is -0.450. The first-order valence-corrected chi connectivity index (χ1v) is 10.7. The lowest BCUT2D eigenvalue weighted by atomic mass is 10.2. The molecule has 0 unspecified atom stereocenters. The third-order valence-corrected chi connectivity index (χ3v) is 5.32. The van der Waals surface area contributed by atoms with Crippen molar-refractivity contribution in [2.45, 2.75) is 13.5 Å². The maximum Gasteiger partial charge on any atom is 0.320 e. The quantitative estimate of drug-likeness (QED) is 0.248. The number of para-hydroxylation sites is 1. The minimum Gasteiger partial charge on any atom is -0.861 e. The Labute approximate surface area is 187 Å². The van der Waals surface area contributed by atoms with Crippen LogP contribution in [0.3, 0.4) is 0 Å². The number of carbonyl (C=O) groups is 1. The summed E-state index contributed by atoms with van der Waals surface area (Å²) in [5, 5.41) is 16.4. The molecule has 10 heteroatoms. The van der Waals surface area contributed by atoms with Crippen molar-refractivity contribution in [1.82, 2.24) is 5.27 Å². The van der Waals surface area contributed by atoms with Crippen molar-refractivity contribution in [3.63, 3.8) is 0 Å². The molecular formula is C22H18FN5O3S. The number of halogens is 1. The number of rotatable bonds is 6. The molecule has 0 atom stereocenters. The Morgan fingerprint density at radius 3 is 2.69 bits per heavy atom. The van der Waals surface area contributed by atoms with Crippen LogP contribution in [-0.4, -0.2) is 28.0 Å². The van der Waals surface area contributed by atoms with Crippen LogP contribution in [0.5, 0.6) is 0 Å². The number of aliphatic imine (C=N–C) groups is 2. The number of amides is 1. The van der Waals surface area contributed by atoms with Crippen LogP contribution in [0.25, 0.3) is 6.08 Å². The van der Waals surface area contributed by atoms with Gasteiger partial charge in [0.05, 0.1) is 5.69 Å². The third kappa shape index (κ3) is 4.92. The molecule has 4 rings (SSSR count). The van der Waals surface area contributed by atoms with Gasteiger partial charge in [-0.25, -0.2) is 14.4 Å². The lowest BCUT2D eigenvalue weighted by Gasteiger charge is -2.18. The molecule has 3 aromatic rings. The highest BCUT2D eigenvalue weighted by atomic mass is 32.2. The van der Waals surface area contributed by atoms with Gasteiger partial charge >= 0.3 is 5.88 Å². The molecule has 0 saturated heterocycles. The predicted octanol–water partition coefficient (Wildman–Crippen LogP) is 2.69. The van der Waals surface area contributed by atoms with E-state index in [0.717, 1.165) is 11.8 Å². The number of aromatic nitrogens is 2. The van der Waals surface area contributed by atoms with Gasteiger partial charge < -0.3 is 5.11 Å². The molecule has 162 valence electrons. The molecule has 0 saturated carbocycles. The van der Waals surface area contributed by atoms with E-state index in [0.29, 0.717) is 23.0 Å². The summed E-state index contributed by atoms with van der Waals surface area (Å²) in [6.07, 6.45) is 3.11.